The summed E-state index contributed by atoms with van der Waals surface area (Å²) in [6.45, 7) is 0. The van der Waals surface area contributed by atoms with Crippen molar-refractivity contribution in [2.24, 2.45) is 5.73 Å². The summed E-state index contributed by atoms with van der Waals surface area (Å²) >= 11 is 5.96. The van der Waals surface area contributed by atoms with Gasteiger partial charge in [-0.2, -0.15) is 5.26 Å². The van der Waals surface area contributed by atoms with Gasteiger partial charge in [-0.15, -0.1) is 0 Å². The standard InChI is InChI=1S/C17H13ClN4O2/c18-14-3-1-2-4-15(14)22-17(24)12(9-19)10-21-13-7-5-11(6-8-13)16(20)23/h1-8,10,21H,(H2,20,23)(H,22,24)/b12-10-. The molecule has 2 rings (SSSR count). The molecule has 0 bridgehead atoms. The van der Waals surface area contributed by atoms with Crippen molar-refractivity contribution >= 4 is 34.8 Å². The zero-order chi connectivity index (χ0) is 17.5. The number of amides is 2. The van der Waals surface area contributed by atoms with Gasteiger partial charge in [0.25, 0.3) is 5.91 Å². The van der Waals surface area contributed by atoms with Gasteiger partial charge in [0.1, 0.15) is 11.6 Å². The predicted molar refractivity (Wildman–Crippen MR) is 92.4 cm³/mol. The van der Waals surface area contributed by atoms with Gasteiger partial charge in [0.05, 0.1) is 10.7 Å². The summed E-state index contributed by atoms with van der Waals surface area (Å²) in [6.07, 6.45) is 1.27. The molecule has 0 saturated carbocycles. The second kappa shape index (κ2) is 7.81. The minimum Gasteiger partial charge on any atom is -0.366 e. The van der Waals surface area contributed by atoms with Crippen molar-refractivity contribution in [3.8, 4) is 6.07 Å². The van der Waals surface area contributed by atoms with Crippen molar-refractivity contribution in [2.75, 3.05) is 10.6 Å². The summed E-state index contributed by atoms with van der Waals surface area (Å²) < 4.78 is 0. The van der Waals surface area contributed by atoms with Crippen LogP contribution in [0.15, 0.2) is 60.3 Å². The SMILES string of the molecule is N#C/C(=C/Nc1ccc(C(N)=O)cc1)C(=O)Nc1ccccc1Cl. The van der Waals surface area contributed by atoms with Crippen molar-refractivity contribution in [3.63, 3.8) is 0 Å². The summed E-state index contributed by atoms with van der Waals surface area (Å²) in [7, 11) is 0. The fourth-order valence-corrected chi connectivity index (χ4v) is 1.97. The van der Waals surface area contributed by atoms with E-state index in [1.807, 2.05) is 6.07 Å². The highest BCUT2D eigenvalue weighted by molar-refractivity contribution is 6.33. The molecular formula is C17H13ClN4O2. The van der Waals surface area contributed by atoms with Crippen molar-refractivity contribution in [1.29, 1.82) is 5.26 Å². The number of anilines is 2. The molecule has 0 aliphatic heterocycles. The van der Waals surface area contributed by atoms with Crippen molar-refractivity contribution < 1.29 is 9.59 Å². The fourth-order valence-electron chi connectivity index (χ4n) is 1.79. The normalized spacial score (nSPS) is 10.6. The smallest absolute Gasteiger partial charge is 0.267 e. The second-order valence-electron chi connectivity index (χ2n) is 4.69. The molecule has 0 aliphatic rings. The van der Waals surface area contributed by atoms with Crippen LogP contribution in [0.25, 0.3) is 0 Å². The molecule has 120 valence electrons. The lowest BCUT2D eigenvalue weighted by atomic mass is 10.2. The highest BCUT2D eigenvalue weighted by atomic mass is 35.5. The van der Waals surface area contributed by atoms with E-state index in [1.54, 1.807) is 36.4 Å². The highest BCUT2D eigenvalue weighted by Crippen LogP contribution is 2.21. The Morgan fingerprint density at radius 3 is 2.38 bits per heavy atom. The van der Waals surface area contributed by atoms with Gasteiger partial charge in [0, 0.05) is 17.5 Å². The molecule has 0 atom stereocenters. The van der Waals surface area contributed by atoms with Crippen LogP contribution in [0.5, 0.6) is 0 Å². The average Bonchev–Trinajstić information content (AvgIpc) is 2.58. The summed E-state index contributed by atoms with van der Waals surface area (Å²) in [5.41, 5.74) is 6.40. The molecule has 4 N–H and O–H groups in total. The number of carbonyl (C=O) groups excluding carboxylic acids is 2. The fraction of sp³-hybridized carbons (Fsp3) is 0. The molecule has 0 aliphatic carbocycles. The van der Waals surface area contributed by atoms with Crippen LogP contribution >= 0.6 is 11.6 Å². The van der Waals surface area contributed by atoms with E-state index in [1.165, 1.54) is 18.3 Å². The van der Waals surface area contributed by atoms with Gasteiger partial charge >= 0.3 is 0 Å². The molecule has 24 heavy (non-hydrogen) atoms. The van der Waals surface area contributed by atoms with Gasteiger partial charge < -0.3 is 16.4 Å². The third-order valence-corrected chi connectivity index (χ3v) is 3.37. The number of benzene rings is 2. The second-order valence-corrected chi connectivity index (χ2v) is 5.10. The highest BCUT2D eigenvalue weighted by Gasteiger charge is 2.11. The maximum atomic E-state index is 12.1. The van der Waals surface area contributed by atoms with E-state index in [0.29, 0.717) is 22.0 Å². The Labute approximate surface area is 143 Å². The number of carbonyl (C=O) groups is 2. The lowest BCUT2D eigenvalue weighted by molar-refractivity contribution is -0.112. The first-order valence-electron chi connectivity index (χ1n) is 6.84. The van der Waals surface area contributed by atoms with Gasteiger partial charge in [0.15, 0.2) is 0 Å². The molecule has 0 heterocycles. The monoisotopic (exact) mass is 340 g/mol. The van der Waals surface area contributed by atoms with Gasteiger partial charge in [0.2, 0.25) is 5.91 Å². The van der Waals surface area contributed by atoms with E-state index in [-0.39, 0.29) is 5.57 Å². The number of rotatable bonds is 5. The van der Waals surface area contributed by atoms with Crippen molar-refractivity contribution in [3.05, 3.63) is 70.9 Å². The van der Waals surface area contributed by atoms with Crippen LogP contribution in [0.2, 0.25) is 5.02 Å². The number of hydrogen-bond donors (Lipinski definition) is 3. The maximum absolute atomic E-state index is 12.1. The third-order valence-electron chi connectivity index (χ3n) is 3.04. The minimum atomic E-state index is -0.591. The Bertz CT molecular complexity index is 838. The molecule has 0 saturated heterocycles. The van der Waals surface area contributed by atoms with E-state index in [0.717, 1.165) is 0 Å². The molecule has 2 amide bonds. The first kappa shape index (κ1) is 17.1. The summed E-state index contributed by atoms with van der Waals surface area (Å²) in [5, 5.41) is 14.9. The minimum absolute atomic E-state index is 0.131. The molecule has 0 aromatic heterocycles. The molecule has 0 fully saturated rings. The van der Waals surface area contributed by atoms with Crippen LogP contribution in [0.3, 0.4) is 0 Å². The van der Waals surface area contributed by atoms with Crippen LogP contribution in [0.1, 0.15) is 10.4 Å². The molecule has 6 nitrogen and oxygen atoms in total. The Hall–Kier alpha value is -3.30. The number of hydrogen-bond acceptors (Lipinski definition) is 4. The lowest BCUT2D eigenvalue weighted by Crippen LogP contribution is -2.14. The maximum Gasteiger partial charge on any atom is 0.267 e. The quantitative estimate of drug-likeness (QED) is 0.574. The van der Waals surface area contributed by atoms with Gasteiger partial charge in [-0.3, -0.25) is 9.59 Å². The van der Waals surface area contributed by atoms with Crippen LogP contribution in [0, 0.1) is 11.3 Å². The molecule has 0 unspecified atom stereocenters. The molecule has 2 aromatic carbocycles. The summed E-state index contributed by atoms with van der Waals surface area (Å²) in [6, 6.07) is 14.8. The average molecular weight is 341 g/mol. The van der Waals surface area contributed by atoms with E-state index in [9.17, 15) is 9.59 Å². The summed E-state index contributed by atoms with van der Waals surface area (Å²) in [5.74, 6) is -1.12. The van der Waals surface area contributed by atoms with Crippen LogP contribution in [-0.4, -0.2) is 11.8 Å². The van der Waals surface area contributed by atoms with Gasteiger partial charge in [-0.05, 0) is 36.4 Å². The van der Waals surface area contributed by atoms with Gasteiger partial charge in [-0.25, -0.2) is 0 Å². The molecule has 2 aromatic rings. The first-order chi connectivity index (χ1) is 11.5. The Kier molecular flexibility index (Phi) is 5.55. The van der Waals surface area contributed by atoms with Crippen molar-refractivity contribution in [2.45, 2.75) is 0 Å². The molecule has 0 spiro atoms. The molecule has 0 radical (unpaired) electrons. The van der Waals surface area contributed by atoms with Crippen molar-refractivity contribution in [1.82, 2.24) is 0 Å². The lowest BCUT2D eigenvalue weighted by Gasteiger charge is -2.07. The molecule has 7 heteroatoms. The zero-order valence-electron chi connectivity index (χ0n) is 12.4. The van der Waals surface area contributed by atoms with E-state index >= 15 is 0 Å². The van der Waals surface area contributed by atoms with Crippen LogP contribution < -0.4 is 16.4 Å². The number of nitriles is 1. The Balaban J connectivity index is 2.08. The van der Waals surface area contributed by atoms with Gasteiger partial charge in [-0.1, -0.05) is 23.7 Å². The largest absolute Gasteiger partial charge is 0.366 e. The summed E-state index contributed by atoms with van der Waals surface area (Å²) in [4.78, 5) is 23.1. The zero-order valence-corrected chi connectivity index (χ0v) is 13.2. The van der Waals surface area contributed by atoms with E-state index in [2.05, 4.69) is 10.6 Å². The number of halogens is 1. The van der Waals surface area contributed by atoms with E-state index in [4.69, 9.17) is 22.6 Å². The number of para-hydroxylation sites is 1. The first-order valence-corrected chi connectivity index (χ1v) is 7.21. The Morgan fingerprint density at radius 1 is 1.12 bits per heavy atom. The topological polar surface area (TPSA) is 108 Å². The Morgan fingerprint density at radius 2 is 1.79 bits per heavy atom. The number of nitrogens with zero attached hydrogens (tertiary/aromatic N) is 1. The number of nitrogens with two attached hydrogens (primary N) is 1. The third kappa shape index (κ3) is 4.35. The predicted octanol–water partition coefficient (Wildman–Crippen LogP) is 2.90. The molecular weight excluding hydrogens is 328 g/mol. The van der Waals surface area contributed by atoms with Crippen LogP contribution in [-0.2, 0) is 4.79 Å². The van der Waals surface area contributed by atoms with E-state index < -0.39 is 11.8 Å². The number of nitrogens with one attached hydrogen (secondary N) is 2. The van der Waals surface area contributed by atoms with Crippen LogP contribution in [0.4, 0.5) is 11.4 Å². The number of primary amides is 1.